The number of nitrogens with two attached hydrogens (primary N) is 1. The second-order valence-corrected chi connectivity index (χ2v) is 5.43. The van der Waals surface area contributed by atoms with Gasteiger partial charge in [-0.25, -0.2) is 0 Å². The standard InChI is InChI=1S/C14H22N2O/c1-14(2,3)8-9-17-10-11-6-4-5-7-12(11)13(15)16/h4-7H,8-10H2,1-3H3,(H3,15,16). The molecule has 0 aliphatic rings. The van der Waals surface area contributed by atoms with Crippen LogP contribution in [0, 0.1) is 10.8 Å². The van der Waals surface area contributed by atoms with Crippen LogP contribution >= 0.6 is 0 Å². The molecule has 0 atom stereocenters. The van der Waals surface area contributed by atoms with Crippen LogP contribution in [0.15, 0.2) is 24.3 Å². The van der Waals surface area contributed by atoms with Crippen molar-refractivity contribution in [3.8, 4) is 0 Å². The second kappa shape index (κ2) is 5.82. The molecule has 0 spiro atoms. The Bertz CT molecular complexity index is 380. The zero-order valence-corrected chi connectivity index (χ0v) is 10.9. The fourth-order valence-electron chi connectivity index (χ4n) is 1.47. The lowest BCUT2D eigenvalue weighted by molar-refractivity contribution is 0.0961. The average Bonchev–Trinajstić information content (AvgIpc) is 2.23. The molecule has 0 aliphatic heterocycles. The van der Waals surface area contributed by atoms with Gasteiger partial charge in [0.1, 0.15) is 5.84 Å². The zero-order valence-electron chi connectivity index (χ0n) is 10.9. The van der Waals surface area contributed by atoms with Crippen LogP contribution in [0.4, 0.5) is 0 Å². The first-order chi connectivity index (χ1) is 7.90. The zero-order chi connectivity index (χ0) is 12.9. The third kappa shape index (κ3) is 5.00. The summed E-state index contributed by atoms with van der Waals surface area (Å²) >= 11 is 0. The van der Waals surface area contributed by atoms with Crippen molar-refractivity contribution in [3.63, 3.8) is 0 Å². The van der Waals surface area contributed by atoms with Gasteiger partial charge in [0.15, 0.2) is 0 Å². The first-order valence-corrected chi connectivity index (χ1v) is 5.90. The van der Waals surface area contributed by atoms with Gasteiger partial charge in [-0.2, -0.15) is 0 Å². The Morgan fingerprint density at radius 1 is 1.29 bits per heavy atom. The Kier molecular flexibility index (Phi) is 4.70. The lowest BCUT2D eigenvalue weighted by Crippen LogP contribution is -2.15. The van der Waals surface area contributed by atoms with E-state index >= 15 is 0 Å². The molecule has 3 N–H and O–H groups in total. The van der Waals surface area contributed by atoms with E-state index in [0.717, 1.165) is 24.2 Å². The van der Waals surface area contributed by atoms with Gasteiger partial charge in [0.25, 0.3) is 0 Å². The summed E-state index contributed by atoms with van der Waals surface area (Å²) in [4.78, 5) is 0. The summed E-state index contributed by atoms with van der Waals surface area (Å²) < 4.78 is 5.63. The van der Waals surface area contributed by atoms with Gasteiger partial charge < -0.3 is 10.5 Å². The third-order valence-electron chi connectivity index (χ3n) is 2.56. The van der Waals surface area contributed by atoms with E-state index in [1.165, 1.54) is 0 Å². The third-order valence-corrected chi connectivity index (χ3v) is 2.56. The summed E-state index contributed by atoms with van der Waals surface area (Å²) in [7, 11) is 0. The van der Waals surface area contributed by atoms with Crippen molar-refractivity contribution < 1.29 is 4.74 Å². The number of amidine groups is 1. The molecule has 0 fully saturated rings. The number of benzene rings is 1. The topological polar surface area (TPSA) is 59.1 Å². The molecule has 0 radical (unpaired) electrons. The maximum Gasteiger partial charge on any atom is 0.123 e. The van der Waals surface area contributed by atoms with E-state index < -0.39 is 0 Å². The van der Waals surface area contributed by atoms with E-state index in [1.807, 2.05) is 24.3 Å². The molecule has 1 aromatic carbocycles. The Balaban J connectivity index is 2.49. The molecule has 1 rings (SSSR count). The quantitative estimate of drug-likeness (QED) is 0.467. The number of nitrogens with one attached hydrogen (secondary N) is 1. The van der Waals surface area contributed by atoms with E-state index in [-0.39, 0.29) is 5.84 Å². The van der Waals surface area contributed by atoms with Crippen LogP contribution < -0.4 is 5.73 Å². The van der Waals surface area contributed by atoms with E-state index in [9.17, 15) is 0 Å². The van der Waals surface area contributed by atoms with Crippen LogP contribution in [-0.2, 0) is 11.3 Å². The highest BCUT2D eigenvalue weighted by Gasteiger charge is 2.10. The smallest absolute Gasteiger partial charge is 0.123 e. The van der Waals surface area contributed by atoms with Gasteiger partial charge in [-0.3, -0.25) is 5.41 Å². The van der Waals surface area contributed by atoms with Gasteiger partial charge in [0, 0.05) is 12.2 Å². The van der Waals surface area contributed by atoms with Gasteiger partial charge in [-0.15, -0.1) is 0 Å². The van der Waals surface area contributed by atoms with E-state index in [1.54, 1.807) is 0 Å². The van der Waals surface area contributed by atoms with Crippen molar-refractivity contribution in [1.82, 2.24) is 0 Å². The number of rotatable bonds is 5. The molecule has 1 aromatic rings. The normalized spacial score (nSPS) is 11.5. The van der Waals surface area contributed by atoms with Crippen LogP contribution in [0.5, 0.6) is 0 Å². The predicted molar refractivity (Wildman–Crippen MR) is 71.2 cm³/mol. The number of ether oxygens (including phenoxy) is 1. The fourth-order valence-corrected chi connectivity index (χ4v) is 1.47. The van der Waals surface area contributed by atoms with Crippen molar-refractivity contribution in [1.29, 1.82) is 5.41 Å². The molecular weight excluding hydrogens is 212 g/mol. The number of hydrogen-bond donors (Lipinski definition) is 2. The highest BCUT2D eigenvalue weighted by atomic mass is 16.5. The molecule has 0 unspecified atom stereocenters. The molecule has 0 amide bonds. The lowest BCUT2D eigenvalue weighted by Gasteiger charge is -2.18. The molecule has 3 nitrogen and oxygen atoms in total. The minimum atomic E-state index is 0.0972. The first kappa shape index (κ1) is 13.7. The fraction of sp³-hybridized carbons (Fsp3) is 0.500. The van der Waals surface area contributed by atoms with Crippen molar-refractivity contribution in [3.05, 3.63) is 35.4 Å². The molecule has 3 heteroatoms. The SMILES string of the molecule is CC(C)(C)CCOCc1ccccc1C(=N)N. The highest BCUT2D eigenvalue weighted by Crippen LogP contribution is 2.18. The van der Waals surface area contributed by atoms with Crippen LogP contribution in [0.1, 0.15) is 38.3 Å². The molecule has 0 aliphatic carbocycles. The monoisotopic (exact) mass is 234 g/mol. The Hall–Kier alpha value is -1.35. The summed E-state index contributed by atoms with van der Waals surface area (Å²) in [6, 6.07) is 7.63. The summed E-state index contributed by atoms with van der Waals surface area (Å²) in [6.45, 7) is 7.83. The summed E-state index contributed by atoms with van der Waals surface area (Å²) in [5.41, 5.74) is 7.55. The van der Waals surface area contributed by atoms with E-state index in [4.69, 9.17) is 15.9 Å². The highest BCUT2D eigenvalue weighted by molar-refractivity contribution is 5.96. The van der Waals surface area contributed by atoms with E-state index in [2.05, 4.69) is 20.8 Å². The minimum Gasteiger partial charge on any atom is -0.384 e. The number of hydrogen-bond acceptors (Lipinski definition) is 2. The van der Waals surface area contributed by atoms with Crippen LogP contribution in [0.25, 0.3) is 0 Å². The second-order valence-electron chi connectivity index (χ2n) is 5.43. The summed E-state index contributed by atoms with van der Waals surface area (Å²) in [5, 5.41) is 7.48. The lowest BCUT2D eigenvalue weighted by atomic mass is 9.93. The molecule has 0 saturated heterocycles. The molecule has 0 bridgehead atoms. The largest absolute Gasteiger partial charge is 0.384 e. The summed E-state index contributed by atoms with van der Waals surface area (Å²) in [5.74, 6) is 0.0972. The Morgan fingerprint density at radius 2 is 1.94 bits per heavy atom. The maximum absolute atomic E-state index is 7.48. The molecule has 0 heterocycles. The van der Waals surface area contributed by atoms with Gasteiger partial charge in [0.2, 0.25) is 0 Å². The van der Waals surface area contributed by atoms with Gasteiger partial charge in [-0.05, 0) is 17.4 Å². The van der Waals surface area contributed by atoms with Crippen molar-refractivity contribution >= 4 is 5.84 Å². The summed E-state index contributed by atoms with van der Waals surface area (Å²) in [6.07, 6.45) is 1.02. The molecule has 94 valence electrons. The van der Waals surface area contributed by atoms with Gasteiger partial charge in [0.05, 0.1) is 6.61 Å². The average molecular weight is 234 g/mol. The Labute approximate surface area is 103 Å². The van der Waals surface area contributed by atoms with Crippen LogP contribution in [0.2, 0.25) is 0 Å². The molecule has 0 aromatic heterocycles. The predicted octanol–water partition coefficient (Wildman–Crippen LogP) is 2.92. The maximum atomic E-state index is 7.48. The van der Waals surface area contributed by atoms with Crippen molar-refractivity contribution in [2.24, 2.45) is 11.1 Å². The van der Waals surface area contributed by atoms with Gasteiger partial charge >= 0.3 is 0 Å². The van der Waals surface area contributed by atoms with E-state index in [0.29, 0.717) is 12.0 Å². The number of nitrogen functional groups attached to an aromatic ring is 1. The molecule has 17 heavy (non-hydrogen) atoms. The van der Waals surface area contributed by atoms with Crippen molar-refractivity contribution in [2.45, 2.75) is 33.8 Å². The molecule has 0 saturated carbocycles. The van der Waals surface area contributed by atoms with Crippen LogP contribution in [-0.4, -0.2) is 12.4 Å². The first-order valence-electron chi connectivity index (χ1n) is 5.90. The van der Waals surface area contributed by atoms with Gasteiger partial charge in [-0.1, -0.05) is 45.0 Å². The minimum absolute atomic E-state index is 0.0972. The Morgan fingerprint density at radius 3 is 2.53 bits per heavy atom. The van der Waals surface area contributed by atoms with Crippen LogP contribution in [0.3, 0.4) is 0 Å². The molecular formula is C14H22N2O. The van der Waals surface area contributed by atoms with Crippen molar-refractivity contribution in [2.75, 3.05) is 6.61 Å².